The van der Waals surface area contributed by atoms with Crippen molar-refractivity contribution in [3.63, 3.8) is 0 Å². The standard InChI is InChI=1S/C30H29N3O5S/c1-3-37-26-16-18-29(19-17-26)39(35,36)33(25-14-12-23(2)13-15-25)22-30(34)32-31-21-24-8-7-11-28(20-24)38-27-9-5-4-6-10-27/h4-21H,3,22H2,1-2H3,(H,32,34)/b31-21-. The van der Waals surface area contributed by atoms with Crippen LogP contribution in [-0.2, 0) is 14.8 Å². The molecule has 200 valence electrons. The van der Waals surface area contributed by atoms with Gasteiger partial charge in [-0.15, -0.1) is 0 Å². The number of aryl methyl sites for hydroxylation is 1. The molecule has 4 aromatic carbocycles. The monoisotopic (exact) mass is 543 g/mol. The zero-order valence-electron chi connectivity index (χ0n) is 21.7. The number of anilines is 1. The van der Waals surface area contributed by atoms with Gasteiger partial charge in [-0.1, -0.05) is 48.0 Å². The number of sulfonamides is 1. The van der Waals surface area contributed by atoms with Gasteiger partial charge in [0.2, 0.25) is 0 Å². The summed E-state index contributed by atoms with van der Waals surface area (Å²) in [5.74, 6) is 1.27. The van der Waals surface area contributed by atoms with Gasteiger partial charge in [0.15, 0.2) is 0 Å². The molecule has 0 heterocycles. The minimum Gasteiger partial charge on any atom is -0.494 e. The predicted molar refractivity (Wildman–Crippen MR) is 152 cm³/mol. The Morgan fingerprint density at radius 2 is 1.56 bits per heavy atom. The van der Waals surface area contributed by atoms with E-state index < -0.39 is 22.5 Å². The van der Waals surface area contributed by atoms with E-state index in [4.69, 9.17) is 9.47 Å². The molecule has 0 bridgehead atoms. The van der Waals surface area contributed by atoms with Crippen LogP contribution in [0.15, 0.2) is 113 Å². The van der Waals surface area contributed by atoms with Gasteiger partial charge < -0.3 is 9.47 Å². The van der Waals surface area contributed by atoms with E-state index in [0.717, 1.165) is 9.87 Å². The lowest BCUT2D eigenvalue weighted by Gasteiger charge is -2.24. The van der Waals surface area contributed by atoms with Crippen molar-refractivity contribution in [3.8, 4) is 17.2 Å². The van der Waals surface area contributed by atoms with Gasteiger partial charge in [0.25, 0.3) is 15.9 Å². The van der Waals surface area contributed by atoms with E-state index in [-0.39, 0.29) is 4.90 Å². The molecule has 39 heavy (non-hydrogen) atoms. The maximum atomic E-state index is 13.6. The van der Waals surface area contributed by atoms with E-state index in [2.05, 4.69) is 10.5 Å². The fourth-order valence-electron chi connectivity index (χ4n) is 3.66. The first kappa shape index (κ1) is 27.4. The lowest BCUT2D eigenvalue weighted by atomic mass is 10.2. The molecule has 0 aromatic heterocycles. The second kappa shape index (κ2) is 12.7. The van der Waals surface area contributed by atoms with E-state index >= 15 is 0 Å². The number of nitrogens with zero attached hydrogens (tertiary/aromatic N) is 2. The molecule has 0 aliphatic heterocycles. The van der Waals surface area contributed by atoms with E-state index in [1.54, 1.807) is 42.5 Å². The van der Waals surface area contributed by atoms with E-state index in [0.29, 0.717) is 35.1 Å². The van der Waals surface area contributed by atoms with E-state index in [1.165, 1.54) is 18.3 Å². The largest absolute Gasteiger partial charge is 0.494 e. The maximum absolute atomic E-state index is 13.6. The van der Waals surface area contributed by atoms with Crippen LogP contribution in [0, 0.1) is 6.92 Å². The van der Waals surface area contributed by atoms with Crippen molar-refractivity contribution < 1.29 is 22.7 Å². The Balaban J connectivity index is 1.48. The first-order valence-corrected chi connectivity index (χ1v) is 13.8. The summed E-state index contributed by atoms with van der Waals surface area (Å²) in [7, 11) is -4.06. The Morgan fingerprint density at radius 1 is 0.872 bits per heavy atom. The van der Waals surface area contributed by atoms with Crippen LogP contribution >= 0.6 is 0 Å². The Labute approximate surface area is 228 Å². The number of hydrogen-bond acceptors (Lipinski definition) is 6. The molecule has 0 radical (unpaired) electrons. The van der Waals surface area contributed by atoms with Crippen molar-refractivity contribution in [2.24, 2.45) is 5.10 Å². The van der Waals surface area contributed by atoms with Crippen molar-refractivity contribution in [3.05, 3.63) is 114 Å². The summed E-state index contributed by atoms with van der Waals surface area (Å²) in [5.41, 5.74) is 4.44. The second-order valence-corrected chi connectivity index (χ2v) is 10.4. The third-order valence-corrected chi connectivity index (χ3v) is 7.36. The van der Waals surface area contributed by atoms with Crippen molar-refractivity contribution in [2.45, 2.75) is 18.7 Å². The highest BCUT2D eigenvalue weighted by Gasteiger charge is 2.27. The molecule has 0 spiro atoms. The first-order valence-electron chi connectivity index (χ1n) is 12.3. The molecule has 9 heteroatoms. The average Bonchev–Trinajstić information content (AvgIpc) is 2.94. The lowest BCUT2D eigenvalue weighted by Crippen LogP contribution is -2.39. The molecule has 0 saturated carbocycles. The summed E-state index contributed by atoms with van der Waals surface area (Å²) in [6, 6.07) is 29.6. The molecule has 0 unspecified atom stereocenters. The van der Waals surface area contributed by atoms with Crippen molar-refractivity contribution >= 4 is 27.8 Å². The van der Waals surface area contributed by atoms with Crippen LogP contribution in [0.1, 0.15) is 18.1 Å². The molecular weight excluding hydrogens is 514 g/mol. The third-order valence-electron chi connectivity index (χ3n) is 5.57. The third kappa shape index (κ3) is 7.45. The molecule has 0 saturated heterocycles. The van der Waals surface area contributed by atoms with Gasteiger partial charge >= 0.3 is 0 Å². The summed E-state index contributed by atoms with van der Waals surface area (Å²) >= 11 is 0. The molecule has 0 fully saturated rings. The summed E-state index contributed by atoms with van der Waals surface area (Å²) in [5, 5.41) is 4.02. The fraction of sp³-hybridized carbons (Fsp3) is 0.133. The minimum absolute atomic E-state index is 0.0399. The number of hydrogen-bond donors (Lipinski definition) is 1. The number of benzene rings is 4. The minimum atomic E-state index is -4.06. The summed E-state index contributed by atoms with van der Waals surface area (Å²) in [6.45, 7) is 3.75. The SMILES string of the molecule is CCOc1ccc(S(=O)(=O)N(CC(=O)N/N=C\c2cccc(Oc3ccccc3)c2)c2ccc(C)cc2)cc1. The van der Waals surface area contributed by atoms with Gasteiger partial charge in [0.05, 0.1) is 23.4 Å². The normalized spacial score (nSPS) is 11.2. The summed E-state index contributed by atoms with van der Waals surface area (Å²) in [6.07, 6.45) is 1.47. The van der Waals surface area contributed by atoms with Crippen LogP contribution in [0.3, 0.4) is 0 Å². The molecule has 0 aliphatic carbocycles. The van der Waals surface area contributed by atoms with Crippen LogP contribution in [0.4, 0.5) is 5.69 Å². The second-order valence-electron chi connectivity index (χ2n) is 8.53. The zero-order valence-corrected chi connectivity index (χ0v) is 22.5. The molecular formula is C30H29N3O5S. The van der Waals surface area contributed by atoms with Crippen molar-refractivity contribution in [2.75, 3.05) is 17.5 Å². The highest BCUT2D eigenvalue weighted by Crippen LogP contribution is 2.26. The topological polar surface area (TPSA) is 97.3 Å². The van der Waals surface area contributed by atoms with E-state index in [9.17, 15) is 13.2 Å². The number of ether oxygens (including phenoxy) is 2. The quantitative estimate of drug-likeness (QED) is 0.198. The van der Waals surface area contributed by atoms with Gasteiger partial charge in [0.1, 0.15) is 23.8 Å². The number of carbonyl (C=O) groups excluding carboxylic acids is 1. The molecule has 1 N–H and O–H groups in total. The van der Waals surface area contributed by atoms with Crippen molar-refractivity contribution in [1.29, 1.82) is 0 Å². The summed E-state index contributed by atoms with van der Waals surface area (Å²) < 4.78 is 39.4. The molecule has 4 rings (SSSR count). The fourth-order valence-corrected chi connectivity index (χ4v) is 5.08. The first-order chi connectivity index (χ1) is 18.8. The van der Waals surface area contributed by atoms with Crippen LogP contribution in [0.25, 0.3) is 0 Å². The Kier molecular flexibility index (Phi) is 8.96. The predicted octanol–water partition coefficient (Wildman–Crippen LogP) is 5.53. The highest BCUT2D eigenvalue weighted by atomic mass is 32.2. The Morgan fingerprint density at radius 3 is 2.26 bits per heavy atom. The van der Waals surface area contributed by atoms with Gasteiger partial charge in [0, 0.05) is 0 Å². The van der Waals surface area contributed by atoms with Crippen molar-refractivity contribution in [1.82, 2.24) is 5.43 Å². The summed E-state index contributed by atoms with van der Waals surface area (Å²) in [4.78, 5) is 12.9. The lowest BCUT2D eigenvalue weighted by molar-refractivity contribution is -0.119. The van der Waals surface area contributed by atoms with Gasteiger partial charge in [-0.2, -0.15) is 5.10 Å². The number of amides is 1. The van der Waals surface area contributed by atoms with Crippen LogP contribution in [0.2, 0.25) is 0 Å². The number of hydrazone groups is 1. The molecule has 0 aliphatic rings. The van der Waals surface area contributed by atoms with Gasteiger partial charge in [-0.25, -0.2) is 13.8 Å². The van der Waals surface area contributed by atoms with Gasteiger partial charge in [-0.3, -0.25) is 9.10 Å². The zero-order chi connectivity index (χ0) is 27.7. The molecule has 0 atom stereocenters. The maximum Gasteiger partial charge on any atom is 0.264 e. The van der Waals surface area contributed by atoms with Crippen LogP contribution in [0.5, 0.6) is 17.2 Å². The van der Waals surface area contributed by atoms with Crippen LogP contribution in [-0.4, -0.2) is 33.7 Å². The molecule has 1 amide bonds. The number of nitrogens with one attached hydrogen (secondary N) is 1. The Bertz CT molecular complexity index is 1520. The molecule has 8 nitrogen and oxygen atoms in total. The smallest absolute Gasteiger partial charge is 0.264 e. The number of para-hydroxylation sites is 1. The van der Waals surface area contributed by atoms with Gasteiger partial charge in [-0.05, 0) is 80.1 Å². The number of carbonyl (C=O) groups is 1. The Hall–Kier alpha value is -4.63. The van der Waals surface area contributed by atoms with Crippen LogP contribution < -0.4 is 19.2 Å². The average molecular weight is 544 g/mol. The molecule has 4 aromatic rings. The highest BCUT2D eigenvalue weighted by molar-refractivity contribution is 7.92. The van der Waals surface area contributed by atoms with E-state index in [1.807, 2.05) is 62.4 Å². The number of rotatable bonds is 11.